The number of halogens is 1. The molecule has 0 radical (unpaired) electrons. The zero-order valence-electron chi connectivity index (χ0n) is 17.3. The molecule has 168 valence electrons. The van der Waals surface area contributed by atoms with Crippen LogP contribution in [0.5, 0.6) is 5.75 Å². The predicted octanol–water partition coefficient (Wildman–Crippen LogP) is 1.96. The molecule has 0 saturated carbocycles. The number of methoxy groups -OCH3 is 1. The van der Waals surface area contributed by atoms with E-state index in [-0.39, 0.29) is 28.5 Å². The summed E-state index contributed by atoms with van der Waals surface area (Å²) in [5.74, 6) is -3.55. The lowest BCUT2D eigenvalue weighted by Gasteiger charge is -2.19. The van der Waals surface area contributed by atoms with Crippen LogP contribution in [0, 0.1) is 5.82 Å². The topological polar surface area (TPSA) is 170 Å². The number of anilines is 2. The van der Waals surface area contributed by atoms with Gasteiger partial charge in [-0.1, -0.05) is 0 Å². The lowest BCUT2D eigenvalue weighted by Crippen LogP contribution is -2.27. The van der Waals surface area contributed by atoms with E-state index in [0.29, 0.717) is 6.07 Å². The first-order valence-electron chi connectivity index (χ1n) is 9.00. The Morgan fingerprint density at radius 2 is 1.84 bits per heavy atom. The van der Waals surface area contributed by atoms with Gasteiger partial charge in [0, 0.05) is 6.07 Å². The number of ether oxygens (including phenoxy) is 2. The van der Waals surface area contributed by atoms with E-state index in [9.17, 15) is 23.9 Å². The maximum absolute atomic E-state index is 13.9. The molecule has 0 aliphatic heterocycles. The molecule has 0 bridgehead atoms. The van der Waals surface area contributed by atoms with E-state index in [1.165, 1.54) is 13.2 Å². The molecule has 2 heterocycles. The highest BCUT2D eigenvalue weighted by atomic mass is 19.1. The molecule has 3 N–H and O–H groups in total. The summed E-state index contributed by atoms with van der Waals surface area (Å²) >= 11 is 0. The highest BCUT2D eigenvalue weighted by Crippen LogP contribution is 2.27. The van der Waals surface area contributed by atoms with Crippen molar-refractivity contribution in [3.05, 3.63) is 35.3 Å². The molecule has 3 rings (SSSR count). The fourth-order valence-corrected chi connectivity index (χ4v) is 2.54. The van der Waals surface area contributed by atoms with Crippen molar-refractivity contribution in [2.24, 2.45) is 0 Å². The lowest BCUT2D eigenvalue weighted by molar-refractivity contribution is 0.0633. The number of nitrogens with zero attached hydrogens (tertiary/aromatic N) is 5. The van der Waals surface area contributed by atoms with Gasteiger partial charge in [0.1, 0.15) is 5.60 Å². The molecule has 3 aromatic rings. The van der Waals surface area contributed by atoms with Gasteiger partial charge < -0.3 is 19.9 Å². The second kappa shape index (κ2) is 8.41. The third-order valence-electron chi connectivity index (χ3n) is 3.82. The van der Waals surface area contributed by atoms with Crippen molar-refractivity contribution >= 4 is 35.0 Å². The molecule has 32 heavy (non-hydrogen) atoms. The average molecular weight is 447 g/mol. The van der Waals surface area contributed by atoms with Gasteiger partial charge in [-0.3, -0.25) is 10.1 Å². The normalized spacial score (nSPS) is 11.2. The molecule has 0 spiro atoms. The number of amides is 2. The van der Waals surface area contributed by atoms with Gasteiger partial charge in [-0.15, -0.1) is 14.8 Å². The lowest BCUT2D eigenvalue weighted by atomic mass is 10.1. The Bertz CT molecular complexity index is 1220. The number of benzene rings is 1. The number of rotatable bonds is 5. The molecule has 0 aliphatic rings. The van der Waals surface area contributed by atoms with Gasteiger partial charge in [-0.25, -0.2) is 14.0 Å². The second-order valence-corrected chi connectivity index (χ2v) is 7.35. The summed E-state index contributed by atoms with van der Waals surface area (Å²) in [5.41, 5.74) is -1.76. The first-order valence-corrected chi connectivity index (χ1v) is 9.00. The number of hydrogen-bond donors (Lipinski definition) is 3. The van der Waals surface area contributed by atoms with Gasteiger partial charge >= 0.3 is 12.1 Å². The monoisotopic (exact) mass is 447 g/mol. The van der Waals surface area contributed by atoms with Crippen LogP contribution in [0.25, 0.3) is 5.65 Å². The number of tetrazole rings is 1. The number of carboxylic acid groups (broad SMARTS) is 1. The Morgan fingerprint density at radius 3 is 2.47 bits per heavy atom. The van der Waals surface area contributed by atoms with Crippen molar-refractivity contribution in [3.63, 3.8) is 0 Å². The van der Waals surface area contributed by atoms with Crippen LogP contribution < -0.4 is 15.4 Å². The van der Waals surface area contributed by atoms with E-state index in [1.54, 1.807) is 20.8 Å². The van der Waals surface area contributed by atoms with Crippen molar-refractivity contribution in [1.29, 1.82) is 0 Å². The Kier molecular flexibility index (Phi) is 5.87. The zero-order valence-corrected chi connectivity index (χ0v) is 17.3. The zero-order chi connectivity index (χ0) is 23.6. The maximum Gasteiger partial charge on any atom is 0.412 e. The minimum atomic E-state index is -1.47. The molecule has 14 heteroatoms. The number of carboxylic acids is 1. The molecule has 0 fully saturated rings. The van der Waals surface area contributed by atoms with Crippen molar-refractivity contribution in [2.75, 3.05) is 17.7 Å². The molecule has 0 aliphatic carbocycles. The predicted molar refractivity (Wildman–Crippen MR) is 106 cm³/mol. The Balaban J connectivity index is 1.96. The molecule has 13 nitrogen and oxygen atoms in total. The number of fused-ring (bicyclic) bond motifs is 1. The van der Waals surface area contributed by atoms with Gasteiger partial charge in [-0.2, -0.15) is 0 Å². The second-order valence-electron chi connectivity index (χ2n) is 7.35. The number of carbonyl (C=O) groups is 3. The maximum atomic E-state index is 13.9. The summed E-state index contributed by atoms with van der Waals surface area (Å²) in [6.07, 6.45) is -0.823. The number of aromatic carboxylic acids is 1. The largest absolute Gasteiger partial charge is 0.494 e. The van der Waals surface area contributed by atoms with E-state index in [0.717, 1.165) is 10.7 Å². The Morgan fingerprint density at radius 1 is 1.12 bits per heavy atom. The van der Waals surface area contributed by atoms with Crippen LogP contribution in [-0.2, 0) is 4.74 Å². The third kappa shape index (κ3) is 4.85. The smallest absolute Gasteiger partial charge is 0.412 e. The van der Waals surface area contributed by atoms with Crippen LogP contribution >= 0.6 is 0 Å². The molecular weight excluding hydrogens is 429 g/mol. The first kappa shape index (κ1) is 22.3. The summed E-state index contributed by atoms with van der Waals surface area (Å²) in [7, 11) is 1.19. The molecular formula is C18H18FN7O6. The fourth-order valence-electron chi connectivity index (χ4n) is 2.54. The third-order valence-corrected chi connectivity index (χ3v) is 3.82. The molecule has 0 saturated heterocycles. The van der Waals surface area contributed by atoms with Gasteiger partial charge in [0.15, 0.2) is 17.3 Å². The van der Waals surface area contributed by atoms with Gasteiger partial charge in [0.05, 0.1) is 24.0 Å². The molecule has 0 unspecified atom stereocenters. The van der Waals surface area contributed by atoms with Crippen LogP contribution in [0.4, 0.5) is 20.6 Å². The quantitative estimate of drug-likeness (QED) is 0.525. The van der Waals surface area contributed by atoms with Gasteiger partial charge in [0.2, 0.25) is 5.65 Å². The number of carbonyl (C=O) groups excluding carboxylic acids is 2. The Hall–Kier alpha value is -4.36. The number of aromatic nitrogens is 5. The highest BCUT2D eigenvalue weighted by molar-refractivity contribution is 6.07. The van der Waals surface area contributed by atoms with E-state index in [4.69, 9.17) is 9.47 Å². The highest BCUT2D eigenvalue weighted by Gasteiger charge is 2.22. The average Bonchev–Trinajstić information content (AvgIpc) is 3.16. The van der Waals surface area contributed by atoms with Gasteiger partial charge in [-0.05, 0) is 43.3 Å². The summed E-state index contributed by atoms with van der Waals surface area (Å²) in [5, 5.41) is 28.8. The van der Waals surface area contributed by atoms with Crippen molar-refractivity contribution in [3.8, 4) is 5.75 Å². The summed E-state index contributed by atoms with van der Waals surface area (Å²) < 4.78 is 24.8. The Labute approximate surface area is 179 Å². The number of nitrogens with one attached hydrogen (secondary N) is 2. The summed E-state index contributed by atoms with van der Waals surface area (Å²) in [6, 6.07) is 2.91. The van der Waals surface area contributed by atoms with E-state index < -0.39 is 35.0 Å². The van der Waals surface area contributed by atoms with Crippen LogP contribution in [0.15, 0.2) is 18.2 Å². The minimum absolute atomic E-state index is 0.0135. The summed E-state index contributed by atoms with van der Waals surface area (Å²) in [4.78, 5) is 36.4. The van der Waals surface area contributed by atoms with E-state index >= 15 is 0 Å². The van der Waals surface area contributed by atoms with E-state index in [1.807, 2.05) is 0 Å². The van der Waals surface area contributed by atoms with Crippen LogP contribution in [0.3, 0.4) is 0 Å². The molecule has 1 aromatic carbocycles. The van der Waals surface area contributed by atoms with Gasteiger partial charge in [0.25, 0.3) is 5.91 Å². The summed E-state index contributed by atoms with van der Waals surface area (Å²) in [6.45, 7) is 5.01. The molecule has 2 amide bonds. The van der Waals surface area contributed by atoms with Crippen LogP contribution in [0.1, 0.15) is 41.6 Å². The number of hydrogen-bond acceptors (Lipinski definition) is 9. The van der Waals surface area contributed by atoms with Crippen LogP contribution in [0.2, 0.25) is 0 Å². The van der Waals surface area contributed by atoms with Crippen molar-refractivity contribution in [1.82, 2.24) is 25.3 Å². The van der Waals surface area contributed by atoms with Crippen molar-refractivity contribution in [2.45, 2.75) is 26.4 Å². The standard InChI is InChI=1S/C18H18FN7O6/c1-18(2,3)32-17(30)21-11-6-12(23-26-14(11)22-24-25-26)15(27)20-10-7-13(31-4)9(19)5-8(10)16(28)29/h5-7H,1-4H3,(H,20,27)(H,21,30)(H,28,29). The molecule has 0 atom stereocenters. The molecule has 2 aromatic heterocycles. The van der Waals surface area contributed by atoms with E-state index in [2.05, 4.69) is 31.3 Å². The van der Waals surface area contributed by atoms with Crippen LogP contribution in [-0.4, -0.2) is 61.0 Å². The fraction of sp³-hybridized carbons (Fsp3) is 0.278. The first-order chi connectivity index (χ1) is 15.0. The van der Waals surface area contributed by atoms with Crippen molar-refractivity contribution < 1.29 is 33.4 Å². The minimum Gasteiger partial charge on any atom is -0.494 e. The SMILES string of the molecule is COc1cc(NC(=O)c2cc(NC(=O)OC(C)(C)C)c3nnnn3n2)c(C(=O)O)cc1F.